The van der Waals surface area contributed by atoms with Crippen LogP contribution in [0, 0.1) is 0 Å². The molecule has 1 fully saturated rings. The SMILES string of the molecule is O=Cc1ccc(C=CCN2CCOCC2)cc1. The predicted octanol–water partition coefficient (Wildman–Crippen LogP) is 1.84. The Labute approximate surface area is 102 Å². The van der Waals surface area contributed by atoms with Gasteiger partial charge in [0, 0.05) is 25.2 Å². The van der Waals surface area contributed by atoms with Gasteiger partial charge < -0.3 is 4.74 Å². The maximum atomic E-state index is 10.5. The fraction of sp³-hybridized carbons (Fsp3) is 0.357. The zero-order chi connectivity index (χ0) is 11.9. The van der Waals surface area contributed by atoms with E-state index in [-0.39, 0.29) is 0 Å². The van der Waals surface area contributed by atoms with E-state index >= 15 is 0 Å². The van der Waals surface area contributed by atoms with Crippen LogP contribution in [0.4, 0.5) is 0 Å². The molecule has 2 rings (SSSR count). The molecular weight excluding hydrogens is 214 g/mol. The average Bonchev–Trinajstić information content (AvgIpc) is 2.41. The highest BCUT2D eigenvalue weighted by atomic mass is 16.5. The summed E-state index contributed by atoms with van der Waals surface area (Å²) in [7, 11) is 0. The van der Waals surface area contributed by atoms with Crippen molar-refractivity contribution >= 4 is 12.4 Å². The number of nitrogens with zero attached hydrogens (tertiary/aromatic N) is 1. The number of benzene rings is 1. The molecule has 0 atom stereocenters. The Morgan fingerprint density at radius 2 is 1.76 bits per heavy atom. The molecule has 1 aromatic carbocycles. The number of ether oxygens (including phenoxy) is 1. The third kappa shape index (κ3) is 3.80. The van der Waals surface area contributed by atoms with Gasteiger partial charge in [-0.3, -0.25) is 9.69 Å². The molecule has 1 saturated heterocycles. The zero-order valence-corrected chi connectivity index (χ0v) is 9.84. The molecule has 1 aromatic rings. The first-order valence-corrected chi connectivity index (χ1v) is 5.90. The van der Waals surface area contributed by atoms with Crippen LogP contribution in [0.3, 0.4) is 0 Å². The molecule has 3 nitrogen and oxygen atoms in total. The van der Waals surface area contributed by atoms with Crippen molar-refractivity contribution in [1.82, 2.24) is 4.90 Å². The highest BCUT2D eigenvalue weighted by Crippen LogP contribution is 2.05. The van der Waals surface area contributed by atoms with Gasteiger partial charge in [0.25, 0.3) is 0 Å². The lowest BCUT2D eigenvalue weighted by Gasteiger charge is -2.25. The summed E-state index contributed by atoms with van der Waals surface area (Å²) in [4.78, 5) is 12.9. The number of carbonyl (C=O) groups is 1. The van der Waals surface area contributed by atoms with E-state index < -0.39 is 0 Å². The van der Waals surface area contributed by atoms with Gasteiger partial charge in [0.2, 0.25) is 0 Å². The average molecular weight is 231 g/mol. The molecular formula is C14H17NO2. The summed E-state index contributed by atoms with van der Waals surface area (Å²) >= 11 is 0. The Balaban J connectivity index is 1.84. The van der Waals surface area contributed by atoms with Crippen LogP contribution < -0.4 is 0 Å². The van der Waals surface area contributed by atoms with Crippen LogP contribution in [-0.4, -0.2) is 44.0 Å². The molecule has 1 aliphatic rings. The number of aldehydes is 1. The van der Waals surface area contributed by atoms with Crippen LogP contribution in [0.1, 0.15) is 15.9 Å². The lowest BCUT2D eigenvalue weighted by atomic mass is 10.1. The first-order chi connectivity index (χ1) is 8.38. The lowest BCUT2D eigenvalue weighted by Crippen LogP contribution is -2.36. The number of rotatable bonds is 4. The minimum atomic E-state index is 0.718. The standard InChI is InChI=1S/C14H17NO2/c16-12-14-5-3-13(4-6-14)2-1-7-15-8-10-17-11-9-15/h1-6,12H,7-11H2. The Hall–Kier alpha value is -1.45. The summed E-state index contributed by atoms with van der Waals surface area (Å²) in [6.07, 6.45) is 5.10. The van der Waals surface area contributed by atoms with Crippen molar-refractivity contribution in [2.75, 3.05) is 32.8 Å². The summed E-state index contributed by atoms with van der Waals surface area (Å²) in [6.45, 7) is 4.64. The van der Waals surface area contributed by atoms with Gasteiger partial charge in [-0.25, -0.2) is 0 Å². The lowest BCUT2D eigenvalue weighted by molar-refractivity contribution is 0.0435. The molecule has 17 heavy (non-hydrogen) atoms. The molecule has 0 radical (unpaired) electrons. The molecule has 0 spiro atoms. The summed E-state index contributed by atoms with van der Waals surface area (Å²) < 4.78 is 5.29. The molecule has 0 aliphatic carbocycles. The minimum absolute atomic E-state index is 0.718. The van der Waals surface area contributed by atoms with Crippen LogP contribution in [0.25, 0.3) is 6.08 Å². The predicted molar refractivity (Wildman–Crippen MR) is 68.1 cm³/mol. The van der Waals surface area contributed by atoms with Gasteiger partial charge in [0.15, 0.2) is 0 Å². The van der Waals surface area contributed by atoms with Crippen LogP contribution in [0.2, 0.25) is 0 Å². The van der Waals surface area contributed by atoms with E-state index in [4.69, 9.17) is 4.74 Å². The number of hydrogen-bond donors (Lipinski definition) is 0. The van der Waals surface area contributed by atoms with E-state index in [0.717, 1.165) is 50.3 Å². The second kappa shape index (κ2) is 6.33. The maximum Gasteiger partial charge on any atom is 0.150 e. The van der Waals surface area contributed by atoms with E-state index in [1.165, 1.54) is 0 Å². The molecule has 1 aliphatic heterocycles. The first kappa shape index (κ1) is 12.0. The van der Waals surface area contributed by atoms with Crippen LogP contribution in [-0.2, 0) is 4.74 Å². The normalized spacial score (nSPS) is 17.4. The van der Waals surface area contributed by atoms with E-state index in [0.29, 0.717) is 0 Å². The molecule has 0 amide bonds. The number of morpholine rings is 1. The summed E-state index contributed by atoms with van der Waals surface area (Å²) in [5.41, 5.74) is 1.85. The molecule has 1 heterocycles. The Kier molecular flexibility index (Phi) is 4.47. The third-order valence-corrected chi connectivity index (χ3v) is 2.85. The van der Waals surface area contributed by atoms with Crippen molar-refractivity contribution in [3.05, 3.63) is 41.5 Å². The van der Waals surface area contributed by atoms with Gasteiger partial charge in [0.1, 0.15) is 6.29 Å². The molecule has 90 valence electrons. The zero-order valence-electron chi connectivity index (χ0n) is 9.84. The Morgan fingerprint density at radius 1 is 1.12 bits per heavy atom. The van der Waals surface area contributed by atoms with Gasteiger partial charge in [0.05, 0.1) is 13.2 Å². The molecule has 0 unspecified atom stereocenters. The van der Waals surface area contributed by atoms with Gasteiger partial charge in [-0.2, -0.15) is 0 Å². The Bertz CT molecular complexity index is 378. The highest BCUT2D eigenvalue weighted by Gasteiger charge is 2.07. The largest absolute Gasteiger partial charge is 0.379 e. The molecule has 0 saturated carbocycles. The highest BCUT2D eigenvalue weighted by molar-refractivity contribution is 5.75. The van der Waals surface area contributed by atoms with Crippen LogP contribution >= 0.6 is 0 Å². The molecule has 0 aromatic heterocycles. The van der Waals surface area contributed by atoms with Crippen molar-refractivity contribution in [1.29, 1.82) is 0 Å². The minimum Gasteiger partial charge on any atom is -0.379 e. The third-order valence-electron chi connectivity index (χ3n) is 2.85. The van der Waals surface area contributed by atoms with Crippen molar-refractivity contribution in [3.63, 3.8) is 0 Å². The van der Waals surface area contributed by atoms with E-state index in [1.54, 1.807) is 0 Å². The quantitative estimate of drug-likeness (QED) is 0.741. The summed E-state index contributed by atoms with van der Waals surface area (Å²) in [6, 6.07) is 7.59. The van der Waals surface area contributed by atoms with Crippen molar-refractivity contribution < 1.29 is 9.53 Å². The number of carbonyl (C=O) groups excluding carboxylic acids is 1. The second-order valence-corrected chi connectivity index (χ2v) is 4.10. The van der Waals surface area contributed by atoms with Crippen LogP contribution in [0.5, 0.6) is 0 Å². The van der Waals surface area contributed by atoms with Crippen molar-refractivity contribution in [2.45, 2.75) is 0 Å². The monoisotopic (exact) mass is 231 g/mol. The van der Waals surface area contributed by atoms with Gasteiger partial charge in [-0.1, -0.05) is 36.4 Å². The fourth-order valence-corrected chi connectivity index (χ4v) is 1.81. The van der Waals surface area contributed by atoms with Crippen molar-refractivity contribution in [2.24, 2.45) is 0 Å². The van der Waals surface area contributed by atoms with Crippen molar-refractivity contribution in [3.8, 4) is 0 Å². The molecule has 0 N–H and O–H groups in total. The van der Waals surface area contributed by atoms with Crippen LogP contribution in [0.15, 0.2) is 30.3 Å². The number of hydrogen-bond acceptors (Lipinski definition) is 3. The molecule has 3 heteroatoms. The second-order valence-electron chi connectivity index (χ2n) is 4.10. The van der Waals surface area contributed by atoms with E-state index in [2.05, 4.69) is 17.1 Å². The van der Waals surface area contributed by atoms with E-state index in [1.807, 2.05) is 24.3 Å². The summed E-state index contributed by atoms with van der Waals surface area (Å²) in [5, 5.41) is 0. The summed E-state index contributed by atoms with van der Waals surface area (Å²) in [5.74, 6) is 0. The van der Waals surface area contributed by atoms with Gasteiger partial charge in [-0.05, 0) is 5.56 Å². The van der Waals surface area contributed by atoms with Gasteiger partial charge >= 0.3 is 0 Å². The Morgan fingerprint density at radius 3 is 2.41 bits per heavy atom. The topological polar surface area (TPSA) is 29.5 Å². The first-order valence-electron chi connectivity index (χ1n) is 5.90. The van der Waals surface area contributed by atoms with E-state index in [9.17, 15) is 4.79 Å². The van der Waals surface area contributed by atoms with Gasteiger partial charge in [-0.15, -0.1) is 0 Å². The fourth-order valence-electron chi connectivity index (χ4n) is 1.81. The maximum absolute atomic E-state index is 10.5. The molecule has 0 bridgehead atoms. The smallest absolute Gasteiger partial charge is 0.150 e.